The first-order valence-electron chi connectivity index (χ1n) is 5.98. The van der Waals surface area contributed by atoms with Crippen molar-refractivity contribution in [1.29, 1.82) is 0 Å². The van der Waals surface area contributed by atoms with Crippen molar-refractivity contribution in [2.45, 2.75) is 26.9 Å². The average molecular weight is 263 g/mol. The zero-order valence-electron chi connectivity index (χ0n) is 10.6. The van der Waals surface area contributed by atoms with E-state index in [1.807, 2.05) is 17.5 Å². The van der Waals surface area contributed by atoms with Crippen LogP contribution in [0, 0.1) is 5.92 Å². The van der Waals surface area contributed by atoms with Gasteiger partial charge in [0.05, 0.1) is 6.54 Å². The Hall–Kier alpha value is -1.62. The van der Waals surface area contributed by atoms with Gasteiger partial charge in [0.15, 0.2) is 5.82 Å². The van der Waals surface area contributed by atoms with Crippen LogP contribution in [0.15, 0.2) is 34.7 Å². The first-order chi connectivity index (χ1) is 8.66. The first-order valence-corrected chi connectivity index (χ1v) is 6.86. The summed E-state index contributed by atoms with van der Waals surface area (Å²) in [7, 11) is 0. The van der Waals surface area contributed by atoms with Gasteiger partial charge in [-0.2, -0.15) is 0 Å². The zero-order valence-corrected chi connectivity index (χ0v) is 11.4. The van der Waals surface area contributed by atoms with E-state index in [0.717, 1.165) is 6.54 Å². The van der Waals surface area contributed by atoms with Crippen LogP contribution in [-0.2, 0) is 13.1 Å². The third kappa shape index (κ3) is 3.20. The summed E-state index contributed by atoms with van der Waals surface area (Å²) in [4.78, 5) is 17.4. The van der Waals surface area contributed by atoms with Gasteiger partial charge in [0.2, 0.25) is 0 Å². The van der Waals surface area contributed by atoms with Gasteiger partial charge in [-0.15, -0.1) is 11.3 Å². The highest BCUT2D eigenvalue weighted by Gasteiger charge is 2.05. The molecule has 0 atom stereocenters. The number of thiophene rings is 1. The number of anilines is 1. The van der Waals surface area contributed by atoms with E-state index in [1.165, 1.54) is 4.88 Å². The van der Waals surface area contributed by atoms with Gasteiger partial charge in [-0.3, -0.25) is 4.79 Å². The molecule has 1 N–H and O–H groups in total. The van der Waals surface area contributed by atoms with Crippen molar-refractivity contribution < 1.29 is 0 Å². The molecule has 0 saturated heterocycles. The van der Waals surface area contributed by atoms with Crippen LogP contribution < -0.4 is 10.9 Å². The molecule has 2 heterocycles. The minimum Gasteiger partial charge on any atom is -0.361 e. The van der Waals surface area contributed by atoms with Crippen molar-refractivity contribution in [3.8, 4) is 0 Å². The fraction of sp³-hybridized carbons (Fsp3) is 0.385. The lowest BCUT2D eigenvalue weighted by molar-refractivity contribution is 0.509. The fourth-order valence-corrected chi connectivity index (χ4v) is 2.33. The highest BCUT2D eigenvalue weighted by molar-refractivity contribution is 7.09. The minimum absolute atomic E-state index is 0.0530. The van der Waals surface area contributed by atoms with Crippen molar-refractivity contribution in [2.75, 3.05) is 5.32 Å². The van der Waals surface area contributed by atoms with Crippen molar-refractivity contribution in [1.82, 2.24) is 9.55 Å². The quantitative estimate of drug-likeness (QED) is 0.902. The van der Waals surface area contributed by atoms with Crippen molar-refractivity contribution in [2.24, 2.45) is 5.92 Å². The summed E-state index contributed by atoms with van der Waals surface area (Å²) < 4.78 is 1.70. The van der Waals surface area contributed by atoms with E-state index >= 15 is 0 Å². The zero-order chi connectivity index (χ0) is 13.0. The molecule has 0 radical (unpaired) electrons. The maximum absolute atomic E-state index is 12.1. The molecular weight excluding hydrogens is 246 g/mol. The molecule has 0 unspecified atom stereocenters. The van der Waals surface area contributed by atoms with E-state index in [2.05, 4.69) is 24.1 Å². The summed E-state index contributed by atoms with van der Waals surface area (Å²) in [6, 6.07) is 4.03. The summed E-state index contributed by atoms with van der Waals surface area (Å²) in [5, 5.41) is 5.12. The lowest BCUT2D eigenvalue weighted by Gasteiger charge is -2.10. The second-order valence-corrected chi connectivity index (χ2v) is 5.59. The number of hydrogen-bond donors (Lipinski definition) is 1. The molecule has 2 aromatic heterocycles. The number of rotatable bonds is 5. The van der Waals surface area contributed by atoms with E-state index in [-0.39, 0.29) is 5.56 Å². The standard InChI is InChI=1S/C13H17N3OS/c1-10(2)9-16-6-5-14-12(13(16)17)15-8-11-4-3-7-18-11/h3-7,10H,8-9H2,1-2H3,(H,14,15). The normalized spacial score (nSPS) is 10.8. The minimum atomic E-state index is -0.0530. The van der Waals surface area contributed by atoms with E-state index in [1.54, 1.807) is 28.3 Å². The smallest absolute Gasteiger partial charge is 0.293 e. The van der Waals surface area contributed by atoms with Gasteiger partial charge >= 0.3 is 0 Å². The van der Waals surface area contributed by atoms with Crippen LogP contribution in [0.4, 0.5) is 5.82 Å². The Morgan fingerprint density at radius 1 is 1.50 bits per heavy atom. The molecule has 5 heteroatoms. The molecule has 4 nitrogen and oxygen atoms in total. The molecule has 2 aromatic rings. The molecule has 0 saturated carbocycles. The Morgan fingerprint density at radius 3 is 3.00 bits per heavy atom. The molecule has 0 aromatic carbocycles. The van der Waals surface area contributed by atoms with Gasteiger partial charge in [0.1, 0.15) is 0 Å². The van der Waals surface area contributed by atoms with E-state index in [4.69, 9.17) is 0 Å². The summed E-state index contributed by atoms with van der Waals surface area (Å²) in [5.74, 6) is 0.863. The Labute approximate surface area is 110 Å². The van der Waals surface area contributed by atoms with Crippen LogP contribution >= 0.6 is 11.3 Å². The molecule has 0 aliphatic carbocycles. The molecule has 0 bridgehead atoms. The fourth-order valence-electron chi connectivity index (χ4n) is 1.69. The van der Waals surface area contributed by atoms with Crippen LogP contribution in [0.2, 0.25) is 0 Å². The number of hydrogen-bond acceptors (Lipinski definition) is 4. The molecule has 0 aliphatic heterocycles. The third-order valence-electron chi connectivity index (χ3n) is 2.49. The van der Waals surface area contributed by atoms with Crippen LogP contribution in [0.3, 0.4) is 0 Å². The van der Waals surface area contributed by atoms with E-state index in [9.17, 15) is 4.79 Å². The van der Waals surface area contributed by atoms with E-state index < -0.39 is 0 Å². The van der Waals surface area contributed by atoms with Gasteiger partial charge in [-0.1, -0.05) is 19.9 Å². The summed E-state index contributed by atoms with van der Waals surface area (Å²) in [6.07, 6.45) is 3.40. The Kier molecular flexibility index (Phi) is 4.15. The summed E-state index contributed by atoms with van der Waals surface area (Å²) >= 11 is 1.66. The predicted molar refractivity (Wildman–Crippen MR) is 75.0 cm³/mol. The first kappa shape index (κ1) is 12.8. The number of nitrogens with zero attached hydrogens (tertiary/aromatic N) is 2. The molecule has 96 valence electrons. The topological polar surface area (TPSA) is 46.9 Å². The maximum Gasteiger partial charge on any atom is 0.293 e. The summed E-state index contributed by atoms with van der Waals surface area (Å²) in [6.45, 7) is 5.54. The molecule has 0 aliphatic rings. The van der Waals surface area contributed by atoms with Gasteiger partial charge in [-0.25, -0.2) is 4.98 Å². The highest BCUT2D eigenvalue weighted by atomic mass is 32.1. The molecule has 2 rings (SSSR count). The molecule has 0 amide bonds. The number of aromatic nitrogens is 2. The third-order valence-corrected chi connectivity index (χ3v) is 3.36. The van der Waals surface area contributed by atoms with Gasteiger partial charge in [-0.05, 0) is 17.4 Å². The molecular formula is C13H17N3OS. The predicted octanol–water partition coefficient (Wildman–Crippen LogP) is 2.57. The second-order valence-electron chi connectivity index (χ2n) is 4.56. The van der Waals surface area contributed by atoms with Gasteiger partial charge < -0.3 is 9.88 Å². The Morgan fingerprint density at radius 2 is 2.33 bits per heavy atom. The molecule has 18 heavy (non-hydrogen) atoms. The lowest BCUT2D eigenvalue weighted by atomic mass is 10.2. The van der Waals surface area contributed by atoms with Crippen molar-refractivity contribution >= 4 is 17.2 Å². The van der Waals surface area contributed by atoms with Gasteiger partial charge in [0.25, 0.3) is 5.56 Å². The lowest BCUT2D eigenvalue weighted by Crippen LogP contribution is -2.25. The molecule has 0 fully saturated rings. The van der Waals surface area contributed by atoms with Crippen molar-refractivity contribution in [3.05, 3.63) is 45.1 Å². The molecule has 0 spiro atoms. The number of nitrogens with one attached hydrogen (secondary N) is 1. The van der Waals surface area contributed by atoms with Crippen LogP contribution in [-0.4, -0.2) is 9.55 Å². The van der Waals surface area contributed by atoms with Crippen molar-refractivity contribution in [3.63, 3.8) is 0 Å². The van der Waals surface area contributed by atoms with Crippen LogP contribution in [0.25, 0.3) is 0 Å². The largest absolute Gasteiger partial charge is 0.361 e. The summed E-state index contributed by atoms with van der Waals surface area (Å²) in [5.41, 5.74) is -0.0530. The van der Waals surface area contributed by atoms with Crippen LogP contribution in [0.5, 0.6) is 0 Å². The van der Waals surface area contributed by atoms with E-state index in [0.29, 0.717) is 18.3 Å². The highest BCUT2D eigenvalue weighted by Crippen LogP contribution is 2.09. The van der Waals surface area contributed by atoms with Gasteiger partial charge in [0, 0.05) is 23.8 Å². The monoisotopic (exact) mass is 263 g/mol. The Bertz CT molecular complexity index is 546. The van der Waals surface area contributed by atoms with Crippen LogP contribution in [0.1, 0.15) is 18.7 Å². The average Bonchev–Trinajstić information content (AvgIpc) is 2.83. The maximum atomic E-state index is 12.1. The second kappa shape index (κ2) is 5.82. The Balaban J connectivity index is 2.11. The SMILES string of the molecule is CC(C)Cn1ccnc(NCc2cccs2)c1=O.